The van der Waals surface area contributed by atoms with Crippen molar-refractivity contribution in [2.45, 2.75) is 38.5 Å². The van der Waals surface area contributed by atoms with Gasteiger partial charge in [-0.2, -0.15) is 0 Å². The smallest absolute Gasteiger partial charge is 0.227 e. The van der Waals surface area contributed by atoms with Gasteiger partial charge in [-0.1, -0.05) is 12.1 Å². The van der Waals surface area contributed by atoms with Crippen LogP contribution in [-0.2, 0) is 16.0 Å². The van der Waals surface area contributed by atoms with Crippen LogP contribution in [0.25, 0.3) is 0 Å². The zero-order chi connectivity index (χ0) is 17.6. The predicted molar refractivity (Wildman–Crippen MR) is 99.3 cm³/mol. The quantitative estimate of drug-likeness (QED) is 0.799. The lowest BCUT2D eigenvalue weighted by molar-refractivity contribution is -0.131. The van der Waals surface area contributed by atoms with Crippen molar-refractivity contribution in [2.24, 2.45) is 11.8 Å². The second kappa shape index (κ2) is 8.48. The van der Waals surface area contributed by atoms with E-state index in [0.717, 1.165) is 62.5 Å². The fraction of sp³-hybridized carbons (Fsp3) is 0.600. The normalized spacial score (nSPS) is 18.2. The van der Waals surface area contributed by atoms with Gasteiger partial charge in [-0.05, 0) is 69.3 Å². The van der Waals surface area contributed by atoms with Crippen molar-refractivity contribution in [3.8, 4) is 0 Å². The van der Waals surface area contributed by atoms with Crippen LogP contribution >= 0.6 is 0 Å². The Kier molecular flexibility index (Phi) is 6.08. The summed E-state index contributed by atoms with van der Waals surface area (Å²) in [4.78, 5) is 26.3. The molecule has 0 radical (unpaired) electrons. The Labute approximate surface area is 150 Å². The first-order valence-electron chi connectivity index (χ1n) is 9.48. The van der Waals surface area contributed by atoms with Gasteiger partial charge in [-0.25, -0.2) is 0 Å². The lowest BCUT2D eigenvalue weighted by atomic mass is 9.93. The fourth-order valence-electron chi connectivity index (χ4n) is 3.40. The molecule has 1 aliphatic heterocycles. The highest BCUT2D eigenvalue weighted by Gasteiger charge is 2.29. The van der Waals surface area contributed by atoms with Gasteiger partial charge < -0.3 is 15.5 Å². The maximum absolute atomic E-state index is 12.5. The van der Waals surface area contributed by atoms with E-state index < -0.39 is 0 Å². The first-order valence-corrected chi connectivity index (χ1v) is 9.48. The molecule has 1 saturated heterocycles. The molecule has 136 valence electrons. The predicted octanol–water partition coefficient (Wildman–Crippen LogP) is 2.43. The van der Waals surface area contributed by atoms with E-state index >= 15 is 0 Å². The molecular formula is C20H29N3O2. The van der Waals surface area contributed by atoms with E-state index in [4.69, 9.17) is 0 Å². The van der Waals surface area contributed by atoms with Crippen LogP contribution in [0, 0.1) is 11.8 Å². The molecule has 1 aromatic carbocycles. The van der Waals surface area contributed by atoms with Crippen molar-refractivity contribution in [3.63, 3.8) is 0 Å². The highest BCUT2D eigenvalue weighted by molar-refractivity contribution is 5.94. The molecule has 0 bridgehead atoms. The Morgan fingerprint density at radius 3 is 2.36 bits per heavy atom. The Hall–Kier alpha value is -1.88. The molecular weight excluding hydrogens is 314 g/mol. The number of hydrogen-bond donors (Lipinski definition) is 2. The summed E-state index contributed by atoms with van der Waals surface area (Å²) in [7, 11) is 1.99. The summed E-state index contributed by atoms with van der Waals surface area (Å²) in [6.45, 7) is 2.81. The first kappa shape index (κ1) is 17.9. The number of carbonyl (C=O) groups is 2. The first-order chi connectivity index (χ1) is 12.2. The molecule has 1 aliphatic carbocycles. The van der Waals surface area contributed by atoms with Gasteiger partial charge in [0.15, 0.2) is 0 Å². The van der Waals surface area contributed by atoms with Crippen molar-refractivity contribution in [1.29, 1.82) is 0 Å². The van der Waals surface area contributed by atoms with E-state index in [1.807, 2.05) is 36.2 Å². The number of hydrogen-bond acceptors (Lipinski definition) is 3. The molecule has 2 amide bonds. The van der Waals surface area contributed by atoms with E-state index in [9.17, 15) is 9.59 Å². The second-order valence-corrected chi connectivity index (χ2v) is 7.35. The third kappa shape index (κ3) is 5.30. The molecule has 1 aromatic rings. The molecule has 25 heavy (non-hydrogen) atoms. The zero-order valence-corrected chi connectivity index (χ0v) is 15.1. The maximum atomic E-state index is 12.5. The lowest BCUT2D eigenvalue weighted by Crippen LogP contribution is -2.39. The summed E-state index contributed by atoms with van der Waals surface area (Å²) in [6, 6.07) is 7.68. The maximum Gasteiger partial charge on any atom is 0.227 e. The van der Waals surface area contributed by atoms with Crippen molar-refractivity contribution in [2.75, 3.05) is 32.0 Å². The molecule has 2 fully saturated rings. The van der Waals surface area contributed by atoms with E-state index in [2.05, 4.69) is 10.6 Å². The van der Waals surface area contributed by atoms with Gasteiger partial charge in [0.2, 0.25) is 11.8 Å². The summed E-state index contributed by atoms with van der Waals surface area (Å²) >= 11 is 0. The number of nitrogens with one attached hydrogen (secondary N) is 2. The molecule has 0 spiro atoms. The number of carbonyl (C=O) groups excluding carboxylic acids is 2. The Morgan fingerprint density at radius 1 is 1.08 bits per heavy atom. The average Bonchev–Trinajstić information content (AvgIpc) is 3.47. The third-order valence-electron chi connectivity index (χ3n) is 5.29. The second-order valence-electron chi connectivity index (χ2n) is 7.35. The number of rotatable bonds is 7. The van der Waals surface area contributed by atoms with Crippen LogP contribution in [0.2, 0.25) is 0 Å². The van der Waals surface area contributed by atoms with E-state index in [-0.39, 0.29) is 17.7 Å². The molecule has 5 heteroatoms. The summed E-state index contributed by atoms with van der Waals surface area (Å²) in [5.41, 5.74) is 1.82. The minimum atomic E-state index is 0.116. The summed E-state index contributed by atoms with van der Waals surface area (Å²) in [6.07, 6.45) is 5.87. The fourth-order valence-corrected chi connectivity index (χ4v) is 3.40. The van der Waals surface area contributed by atoms with Gasteiger partial charge in [0.05, 0.1) is 6.42 Å². The van der Waals surface area contributed by atoms with Crippen molar-refractivity contribution >= 4 is 17.5 Å². The van der Waals surface area contributed by atoms with Gasteiger partial charge in [0.1, 0.15) is 0 Å². The van der Waals surface area contributed by atoms with E-state index in [1.165, 1.54) is 6.42 Å². The monoisotopic (exact) mass is 343 g/mol. The Bertz CT molecular complexity index is 587. The lowest BCUT2D eigenvalue weighted by Gasteiger charge is -2.32. The van der Waals surface area contributed by atoms with Gasteiger partial charge in [0.25, 0.3) is 0 Å². The third-order valence-corrected chi connectivity index (χ3v) is 5.29. The summed E-state index contributed by atoms with van der Waals surface area (Å²) in [5, 5.41) is 6.13. The molecule has 5 nitrogen and oxygen atoms in total. The number of likely N-dealkylation sites (tertiary alicyclic amines) is 1. The minimum Gasteiger partial charge on any atom is -0.342 e. The number of benzene rings is 1. The highest BCUT2D eigenvalue weighted by atomic mass is 16.2. The van der Waals surface area contributed by atoms with Crippen LogP contribution < -0.4 is 10.6 Å². The summed E-state index contributed by atoms with van der Waals surface area (Å²) < 4.78 is 0. The van der Waals surface area contributed by atoms with Gasteiger partial charge >= 0.3 is 0 Å². The van der Waals surface area contributed by atoms with Gasteiger partial charge in [0, 0.05) is 24.7 Å². The Balaban J connectivity index is 1.44. The topological polar surface area (TPSA) is 61.4 Å². The van der Waals surface area contributed by atoms with Crippen LogP contribution in [0.1, 0.15) is 37.7 Å². The van der Waals surface area contributed by atoms with Crippen LogP contribution in [0.5, 0.6) is 0 Å². The number of amides is 2. The van der Waals surface area contributed by atoms with Gasteiger partial charge in [-0.15, -0.1) is 0 Å². The molecule has 3 rings (SSSR count). The summed E-state index contributed by atoms with van der Waals surface area (Å²) in [5.74, 6) is 1.27. The van der Waals surface area contributed by atoms with Crippen LogP contribution in [-0.4, -0.2) is 43.4 Å². The van der Waals surface area contributed by atoms with Crippen molar-refractivity contribution < 1.29 is 9.59 Å². The molecule has 0 aromatic heterocycles. The molecule has 2 N–H and O–H groups in total. The minimum absolute atomic E-state index is 0.116. The standard InChI is InChI=1S/C20H29N3O2/c1-21-11-8-15-9-12-23(13-10-15)19(24)14-16-2-6-18(7-3-16)22-20(25)17-4-5-17/h2-3,6-7,15,17,21H,4-5,8-14H2,1H3,(H,22,25). The number of piperidine rings is 1. The van der Waals surface area contributed by atoms with Gasteiger partial charge in [-0.3, -0.25) is 9.59 Å². The van der Waals surface area contributed by atoms with E-state index in [1.54, 1.807) is 0 Å². The Morgan fingerprint density at radius 2 is 1.76 bits per heavy atom. The van der Waals surface area contributed by atoms with Crippen LogP contribution in [0.3, 0.4) is 0 Å². The highest BCUT2D eigenvalue weighted by Crippen LogP contribution is 2.30. The zero-order valence-electron chi connectivity index (χ0n) is 15.1. The molecule has 0 unspecified atom stereocenters. The molecule has 0 atom stereocenters. The number of nitrogens with zero attached hydrogens (tertiary/aromatic N) is 1. The molecule has 2 aliphatic rings. The number of anilines is 1. The largest absolute Gasteiger partial charge is 0.342 e. The van der Waals surface area contributed by atoms with Crippen molar-refractivity contribution in [3.05, 3.63) is 29.8 Å². The molecule has 1 heterocycles. The average molecular weight is 343 g/mol. The van der Waals surface area contributed by atoms with Crippen molar-refractivity contribution in [1.82, 2.24) is 10.2 Å². The van der Waals surface area contributed by atoms with E-state index in [0.29, 0.717) is 6.42 Å². The SMILES string of the molecule is CNCCC1CCN(C(=O)Cc2ccc(NC(=O)C3CC3)cc2)CC1. The van der Waals surface area contributed by atoms with Crippen LogP contribution in [0.15, 0.2) is 24.3 Å². The molecule has 1 saturated carbocycles. The van der Waals surface area contributed by atoms with Crippen LogP contribution in [0.4, 0.5) is 5.69 Å².